The maximum absolute atomic E-state index is 12.3. The Kier molecular flexibility index (Phi) is 9.85. The molecule has 0 atom stereocenters. The van der Waals surface area contributed by atoms with Crippen LogP contribution in [0.15, 0.2) is 95.2 Å². The van der Waals surface area contributed by atoms with Crippen LogP contribution in [0, 0.1) is 0 Å². The summed E-state index contributed by atoms with van der Waals surface area (Å²) in [6.45, 7) is 0. The van der Waals surface area contributed by atoms with E-state index in [2.05, 4.69) is 20.6 Å². The summed E-state index contributed by atoms with van der Waals surface area (Å²) in [4.78, 5) is 33.0. The van der Waals surface area contributed by atoms with E-state index in [9.17, 15) is 9.59 Å². The third-order valence-corrected chi connectivity index (χ3v) is 7.51. The summed E-state index contributed by atoms with van der Waals surface area (Å²) >= 11 is 15.6. The van der Waals surface area contributed by atoms with Crippen LogP contribution in [-0.4, -0.2) is 33.3 Å². The van der Waals surface area contributed by atoms with Crippen LogP contribution in [0.5, 0.6) is 0 Å². The van der Waals surface area contributed by atoms with Crippen molar-refractivity contribution in [1.82, 2.24) is 9.97 Å². The van der Waals surface area contributed by atoms with Crippen molar-refractivity contribution in [1.29, 1.82) is 0 Å². The lowest BCUT2D eigenvalue weighted by atomic mass is 10.0. The standard InChI is InChI=1S/C27H22Cl2N4O2S2/c28-20-14-18(7-9-22(20)32-24(34)16-36-26-5-1-3-11-30-26)13-19-8-10-23(21(29)15-19)33-25(35)17-37-27-6-2-4-12-31-27/h1-12,14-15H,13,16-17H2,(H,32,34)(H,33,35). The molecule has 4 rings (SSSR count). The average Bonchev–Trinajstić information content (AvgIpc) is 2.91. The van der Waals surface area contributed by atoms with Crippen LogP contribution in [-0.2, 0) is 16.0 Å². The van der Waals surface area contributed by atoms with Gasteiger partial charge in [-0.25, -0.2) is 9.97 Å². The summed E-state index contributed by atoms with van der Waals surface area (Å²) in [6.07, 6.45) is 3.97. The van der Waals surface area contributed by atoms with Gasteiger partial charge in [-0.05, 0) is 66.1 Å². The number of halogens is 2. The molecule has 37 heavy (non-hydrogen) atoms. The molecule has 0 saturated carbocycles. The maximum atomic E-state index is 12.3. The van der Waals surface area contributed by atoms with Crippen LogP contribution in [0.25, 0.3) is 0 Å². The van der Waals surface area contributed by atoms with Crippen molar-refractivity contribution in [2.75, 3.05) is 22.1 Å². The van der Waals surface area contributed by atoms with Gasteiger partial charge in [0.2, 0.25) is 11.8 Å². The Bertz CT molecular complexity index is 1270. The number of aromatic nitrogens is 2. The van der Waals surface area contributed by atoms with E-state index in [0.29, 0.717) is 27.8 Å². The van der Waals surface area contributed by atoms with E-state index in [1.165, 1.54) is 23.5 Å². The summed E-state index contributed by atoms with van der Waals surface area (Å²) in [7, 11) is 0. The molecule has 0 saturated heterocycles. The molecule has 2 aromatic heterocycles. The topological polar surface area (TPSA) is 84.0 Å². The first-order valence-electron chi connectivity index (χ1n) is 11.2. The zero-order valence-corrected chi connectivity index (χ0v) is 22.6. The second-order valence-corrected chi connectivity index (χ2v) is 10.6. The van der Waals surface area contributed by atoms with Gasteiger partial charge in [-0.1, -0.05) is 71.0 Å². The first-order valence-corrected chi connectivity index (χ1v) is 13.9. The minimum Gasteiger partial charge on any atom is -0.324 e. The molecule has 0 bridgehead atoms. The monoisotopic (exact) mass is 568 g/mol. The van der Waals surface area contributed by atoms with Gasteiger partial charge in [0, 0.05) is 12.4 Å². The highest BCUT2D eigenvalue weighted by Crippen LogP contribution is 2.28. The Labute approximate surface area is 233 Å². The SMILES string of the molecule is O=C(CSc1ccccn1)Nc1ccc(Cc2ccc(NC(=O)CSc3ccccn3)c(Cl)c2)cc1Cl. The molecule has 0 radical (unpaired) electrons. The number of rotatable bonds is 10. The lowest BCUT2D eigenvalue weighted by Crippen LogP contribution is -2.14. The fourth-order valence-electron chi connectivity index (χ4n) is 3.29. The Balaban J connectivity index is 1.29. The largest absolute Gasteiger partial charge is 0.324 e. The van der Waals surface area contributed by atoms with Crippen LogP contribution in [0.4, 0.5) is 11.4 Å². The summed E-state index contributed by atoms with van der Waals surface area (Å²) in [6, 6.07) is 22.2. The minimum atomic E-state index is -0.159. The highest BCUT2D eigenvalue weighted by Gasteiger charge is 2.11. The van der Waals surface area contributed by atoms with Crippen molar-refractivity contribution in [3.63, 3.8) is 0 Å². The molecule has 2 aromatic carbocycles. The van der Waals surface area contributed by atoms with E-state index in [1.807, 2.05) is 60.7 Å². The lowest BCUT2D eigenvalue weighted by Gasteiger charge is -2.11. The van der Waals surface area contributed by atoms with Gasteiger partial charge in [-0.15, -0.1) is 0 Å². The fourth-order valence-corrected chi connectivity index (χ4v) is 5.12. The molecule has 0 aliphatic carbocycles. The van der Waals surface area contributed by atoms with Crippen LogP contribution in [0.1, 0.15) is 11.1 Å². The molecule has 2 heterocycles. The smallest absolute Gasteiger partial charge is 0.234 e. The number of benzene rings is 2. The first kappa shape index (κ1) is 27.0. The van der Waals surface area contributed by atoms with Gasteiger partial charge in [0.25, 0.3) is 0 Å². The molecule has 10 heteroatoms. The predicted molar refractivity (Wildman–Crippen MR) is 153 cm³/mol. The molecule has 0 aliphatic heterocycles. The van der Waals surface area contributed by atoms with Gasteiger partial charge < -0.3 is 10.6 Å². The number of hydrogen-bond donors (Lipinski definition) is 2. The van der Waals surface area contributed by atoms with Gasteiger partial charge in [-0.2, -0.15) is 0 Å². The van der Waals surface area contributed by atoms with Gasteiger partial charge in [0.15, 0.2) is 0 Å². The van der Waals surface area contributed by atoms with Crippen molar-refractivity contribution in [3.8, 4) is 0 Å². The lowest BCUT2D eigenvalue weighted by molar-refractivity contribution is -0.114. The molecular weight excluding hydrogens is 547 g/mol. The molecule has 0 aliphatic rings. The zero-order chi connectivity index (χ0) is 26.0. The predicted octanol–water partition coefficient (Wildman–Crippen LogP) is 6.84. The van der Waals surface area contributed by atoms with Gasteiger partial charge in [0.1, 0.15) is 0 Å². The number of carbonyl (C=O) groups excluding carboxylic acids is 2. The second-order valence-electron chi connectivity index (χ2n) is 7.81. The van der Waals surface area contributed by atoms with E-state index >= 15 is 0 Å². The van der Waals surface area contributed by atoms with Crippen molar-refractivity contribution < 1.29 is 9.59 Å². The minimum absolute atomic E-state index is 0.159. The zero-order valence-electron chi connectivity index (χ0n) is 19.5. The van der Waals surface area contributed by atoms with Crippen LogP contribution >= 0.6 is 46.7 Å². The van der Waals surface area contributed by atoms with Crippen LogP contribution < -0.4 is 10.6 Å². The Morgan fingerprint density at radius 1 is 0.676 bits per heavy atom. The third-order valence-electron chi connectivity index (χ3n) is 5.00. The van der Waals surface area contributed by atoms with E-state index < -0.39 is 0 Å². The highest BCUT2D eigenvalue weighted by molar-refractivity contribution is 8.00. The Morgan fingerprint density at radius 3 is 1.51 bits per heavy atom. The highest BCUT2D eigenvalue weighted by atomic mass is 35.5. The number of nitrogens with one attached hydrogen (secondary N) is 2. The van der Waals surface area contributed by atoms with Crippen molar-refractivity contribution in [2.24, 2.45) is 0 Å². The number of thioether (sulfide) groups is 2. The van der Waals surface area contributed by atoms with Gasteiger partial charge in [0.05, 0.1) is 43.0 Å². The van der Waals surface area contributed by atoms with Gasteiger partial charge >= 0.3 is 0 Å². The number of anilines is 2. The Hall–Kier alpha value is -3.04. The fraction of sp³-hybridized carbons (Fsp3) is 0.111. The molecule has 2 amide bonds. The summed E-state index contributed by atoms with van der Waals surface area (Å²) < 4.78 is 0. The van der Waals surface area contributed by atoms with E-state index in [0.717, 1.165) is 21.2 Å². The summed E-state index contributed by atoms with van der Waals surface area (Å²) in [5, 5.41) is 8.15. The van der Waals surface area contributed by atoms with Crippen molar-refractivity contribution in [2.45, 2.75) is 16.5 Å². The van der Waals surface area contributed by atoms with Crippen molar-refractivity contribution >= 4 is 69.9 Å². The molecular formula is C27H22Cl2N4O2S2. The van der Waals surface area contributed by atoms with E-state index in [-0.39, 0.29) is 23.3 Å². The molecule has 188 valence electrons. The number of nitrogens with zero attached hydrogens (tertiary/aromatic N) is 2. The third kappa shape index (κ3) is 8.50. The van der Waals surface area contributed by atoms with E-state index in [4.69, 9.17) is 23.2 Å². The summed E-state index contributed by atoms with van der Waals surface area (Å²) in [5.41, 5.74) is 3.03. The number of pyridine rings is 2. The quantitative estimate of drug-likeness (QED) is 0.204. The van der Waals surface area contributed by atoms with Crippen molar-refractivity contribution in [3.05, 3.63) is 106 Å². The first-order chi connectivity index (χ1) is 18.0. The molecule has 0 spiro atoms. The number of amides is 2. The number of carbonyl (C=O) groups is 2. The van der Waals surface area contributed by atoms with Crippen LogP contribution in [0.2, 0.25) is 10.0 Å². The van der Waals surface area contributed by atoms with Gasteiger partial charge in [-0.3, -0.25) is 9.59 Å². The van der Waals surface area contributed by atoms with Crippen LogP contribution in [0.3, 0.4) is 0 Å². The normalized spacial score (nSPS) is 10.6. The molecule has 4 aromatic rings. The Morgan fingerprint density at radius 2 is 1.14 bits per heavy atom. The second kappa shape index (κ2) is 13.5. The molecule has 6 nitrogen and oxygen atoms in total. The van der Waals surface area contributed by atoms with E-state index in [1.54, 1.807) is 24.5 Å². The molecule has 0 unspecified atom stereocenters. The average molecular weight is 570 g/mol. The number of hydrogen-bond acceptors (Lipinski definition) is 6. The molecule has 0 fully saturated rings. The molecule has 2 N–H and O–H groups in total. The summed E-state index contributed by atoms with van der Waals surface area (Å²) in [5.74, 6) is 0.151. The maximum Gasteiger partial charge on any atom is 0.234 e.